The van der Waals surface area contributed by atoms with Gasteiger partial charge in [0.1, 0.15) is 11.6 Å². The predicted octanol–water partition coefficient (Wildman–Crippen LogP) is 5.34. The lowest BCUT2D eigenvalue weighted by atomic mass is 10.1. The second kappa shape index (κ2) is 7.21. The maximum absolute atomic E-state index is 12.8. The number of amidine groups is 1. The molecule has 148 valence electrons. The summed E-state index contributed by atoms with van der Waals surface area (Å²) in [6, 6.07) is 8.86. The van der Waals surface area contributed by atoms with Crippen molar-refractivity contribution in [1.82, 2.24) is 4.90 Å². The molecule has 1 unspecified atom stereocenters. The molecule has 0 aliphatic carbocycles. The molecule has 0 amide bonds. The number of alkyl halides is 6. The van der Waals surface area contributed by atoms with E-state index in [1.165, 1.54) is 41.4 Å². The Balaban J connectivity index is 1.79. The van der Waals surface area contributed by atoms with E-state index >= 15 is 0 Å². The Morgan fingerprint density at radius 2 is 1.54 bits per heavy atom. The molecular formula is C19H14F6N2O. The van der Waals surface area contributed by atoms with Crippen LogP contribution in [-0.4, -0.2) is 24.0 Å². The first-order valence-corrected chi connectivity index (χ1v) is 8.04. The predicted molar refractivity (Wildman–Crippen MR) is 90.7 cm³/mol. The molecule has 28 heavy (non-hydrogen) atoms. The summed E-state index contributed by atoms with van der Waals surface area (Å²) in [6.45, 7) is 0. The van der Waals surface area contributed by atoms with Crippen molar-refractivity contribution in [2.45, 2.75) is 18.6 Å². The maximum atomic E-state index is 12.8. The smallest absolute Gasteiger partial charge is 0.416 e. The number of hydrogen-bond donors (Lipinski definition) is 0. The molecule has 3 nitrogen and oxygen atoms in total. The highest BCUT2D eigenvalue weighted by Crippen LogP contribution is 2.32. The van der Waals surface area contributed by atoms with Crippen molar-refractivity contribution in [3.8, 4) is 5.75 Å². The van der Waals surface area contributed by atoms with E-state index in [1.807, 2.05) is 0 Å². The molecule has 1 atom stereocenters. The molecule has 9 heteroatoms. The van der Waals surface area contributed by atoms with Crippen molar-refractivity contribution in [2.24, 2.45) is 4.99 Å². The third kappa shape index (κ3) is 4.29. The van der Waals surface area contributed by atoms with Gasteiger partial charge < -0.3 is 9.64 Å². The van der Waals surface area contributed by atoms with Crippen LogP contribution in [0.5, 0.6) is 5.75 Å². The second-order valence-electron chi connectivity index (χ2n) is 6.01. The first-order valence-electron chi connectivity index (χ1n) is 8.04. The maximum Gasteiger partial charge on any atom is 0.416 e. The van der Waals surface area contributed by atoms with Gasteiger partial charge in [-0.1, -0.05) is 18.2 Å². The highest BCUT2D eigenvalue weighted by molar-refractivity contribution is 5.99. The van der Waals surface area contributed by atoms with Crippen molar-refractivity contribution in [1.29, 1.82) is 0 Å². The van der Waals surface area contributed by atoms with Crippen LogP contribution < -0.4 is 4.74 Å². The minimum absolute atomic E-state index is 0.00462. The molecule has 1 aliphatic heterocycles. The minimum atomic E-state index is -4.50. The molecule has 0 radical (unpaired) electrons. The SMILES string of the molecule is CN1C(c2ccc(C(F)(F)F)cc2)=NC=CC1Oc1cccc(C(F)(F)F)c1. The third-order valence-corrected chi connectivity index (χ3v) is 4.05. The summed E-state index contributed by atoms with van der Waals surface area (Å²) in [5.41, 5.74) is -1.22. The highest BCUT2D eigenvalue weighted by atomic mass is 19.4. The zero-order valence-electron chi connectivity index (χ0n) is 14.4. The zero-order chi connectivity index (χ0) is 20.5. The van der Waals surface area contributed by atoms with Gasteiger partial charge >= 0.3 is 12.4 Å². The average Bonchev–Trinajstić information content (AvgIpc) is 2.62. The molecule has 2 aromatic carbocycles. The number of aliphatic imine (C=N–C) groups is 1. The molecule has 1 heterocycles. The Kier molecular flexibility index (Phi) is 5.10. The molecule has 0 saturated heterocycles. The summed E-state index contributed by atoms with van der Waals surface area (Å²) >= 11 is 0. The Morgan fingerprint density at radius 1 is 0.893 bits per heavy atom. The van der Waals surface area contributed by atoms with Crippen LogP contribution in [0.1, 0.15) is 16.7 Å². The van der Waals surface area contributed by atoms with Gasteiger partial charge in [0, 0.05) is 18.8 Å². The fourth-order valence-corrected chi connectivity index (χ4v) is 2.62. The van der Waals surface area contributed by atoms with E-state index in [0.717, 1.165) is 24.3 Å². The summed E-state index contributed by atoms with van der Waals surface area (Å²) < 4.78 is 82.3. The monoisotopic (exact) mass is 400 g/mol. The van der Waals surface area contributed by atoms with E-state index in [0.29, 0.717) is 11.4 Å². The van der Waals surface area contributed by atoms with E-state index in [1.54, 1.807) is 7.05 Å². The molecule has 3 rings (SSSR count). The van der Waals surface area contributed by atoms with Gasteiger partial charge in [-0.15, -0.1) is 0 Å². The van der Waals surface area contributed by atoms with Crippen LogP contribution >= 0.6 is 0 Å². The van der Waals surface area contributed by atoms with E-state index < -0.39 is 29.7 Å². The van der Waals surface area contributed by atoms with Crippen LogP contribution in [0.4, 0.5) is 26.3 Å². The average molecular weight is 400 g/mol. The Labute approximate surface area is 156 Å². The van der Waals surface area contributed by atoms with Gasteiger partial charge in [0.15, 0.2) is 6.23 Å². The number of rotatable bonds is 3. The van der Waals surface area contributed by atoms with Crippen molar-refractivity contribution < 1.29 is 31.1 Å². The highest BCUT2D eigenvalue weighted by Gasteiger charge is 2.32. The third-order valence-electron chi connectivity index (χ3n) is 4.05. The van der Waals surface area contributed by atoms with Crippen LogP contribution in [-0.2, 0) is 12.4 Å². The van der Waals surface area contributed by atoms with Gasteiger partial charge in [0.05, 0.1) is 11.1 Å². The molecular weight excluding hydrogens is 386 g/mol. The van der Waals surface area contributed by atoms with E-state index in [-0.39, 0.29) is 5.75 Å². The number of likely N-dealkylation sites (N-methyl/N-ethyl adjacent to an activating group) is 1. The second-order valence-corrected chi connectivity index (χ2v) is 6.01. The van der Waals surface area contributed by atoms with Crippen LogP contribution in [0.15, 0.2) is 65.8 Å². The Hall–Kier alpha value is -2.97. The van der Waals surface area contributed by atoms with Crippen molar-refractivity contribution in [2.75, 3.05) is 7.05 Å². The fourth-order valence-electron chi connectivity index (χ4n) is 2.62. The van der Waals surface area contributed by atoms with Gasteiger partial charge in [-0.3, -0.25) is 0 Å². The number of benzene rings is 2. The molecule has 0 N–H and O–H groups in total. The fraction of sp³-hybridized carbons (Fsp3) is 0.211. The largest absolute Gasteiger partial charge is 0.467 e. The summed E-state index contributed by atoms with van der Waals surface area (Å²) in [6.07, 6.45) is -6.81. The summed E-state index contributed by atoms with van der Waals surface area (Å²) in [4.78, 5) is 5.66. The summed E-state index contributed by atoms with van der Waals surface area (Å²) in [7, 11) is 1.58. The number of nitrogens with zero attached hydrogens (tertiary/aromatic N) is 2. The lowest BCUT2D eigenvalue weighted by Gasteiger charge is -2.31. The van der Waals surface area contributed by atoms with Crippen LogP contribution in [0.25, 0.3) is 0 Å². The standard InChI is InChI=1S/C19H14F6N2O/c1-27-16(28-15-4-2-3-14(11-15)19(23,24)25)9-10-26-17(27)12-5-7-13(8-6-12)18(20,21)22/h2-11,16H,1H3. The van der Waals surface area contributed by atoms with E-state index in [9.17, 15) is 26.3 Å². The quantitative estimate of drug-likeness (QED) is 0.651. The van der Waals surface area contributed by atoms with Crippen LogP contribution in [0.3, 0.4) is 0 Å². The van der Waals surface area contributed by atoms with Gasteiger partial charge in [-0.25, -0.2) is 4.99 Å². The van der Waals surface area contributed by atoms with Crippen LogP contribution in [0, 0.1) is 0 Å². The molecule has 0 spiro atoms. The van der Waals surface area contributed by atoms with E-state index in [2.05, 4.69) is 4.99 Å². The Morgan fingerprint density at radius 3 is 2.14 bits per heavy atom. The van der Waals surface area contributed by atoms with Gasteiger partial charge in [-0.2, -0.15) is 26.3 Å². The molecule has 0 saturated carbocycles. The van der Waals surface area contributed by atoms with Gasteiger partial charge in [0.25, 0.3) is 0 Å². The number of hydrogen-bond acceptors (Lipinski definition) is 3. The van der Waals surface area contributed by atoms with E-state index in [4.69, 9.17) is 4.74 Å². The molecule has 0 aromatic heterocycles. The minimum Gasteiger partial charge on any atom is -0.467 e. The number of ether oxygens (including phenoxy) is 1. The molecule has 2 aromatic rings. The summed E-state index contributed by atoms with van der Waals surface area (Å²) in [5.74, 6) is 0.332. The van der Waals surface area contributed by atoms with Gasteiger partial charge in [-0.05, 0) is 36.4 Å². The van der Waals surface area contributed by atoms with Crippen LogP contribution in [0.2, 0.25) is 0 Å². The molecule has 1 aliphatic rings. The molecule has 0 bridgehead atoms. The Bertz CT molecular complexity index is 900. The van der Waals surface area contributed by atoms with Crippen molar-refractivity contribution in [3.05, 3.63) is 77.5 Å². The normalized spacial score (nSPS) is 17.5. The zero-order valence-corrected chi connectivity index (χ0v) is 14.4. The first kappa shape index (κ1) is 19.8. The lowest BCUT2D eigenvalue weighted by Crippen LogP contribution is -2.41. The topological polar surface area (TPSA) is 24.8 Å². The van der Waals surface area contributed by atoms with Gasteiger partial charge in [0.2, 0.25) is 0 Å². The molecule has 0 fully saturated rings. The lowest BCUT2D eigenvalue weighted by molar-refractivity contribution is -0.138. The van der Waals surface area contributed by atoms with Crippen molar-refractivity contribution >= 4 is 5.84 Å². The number of halogens is 6. The first-order chi connectivity index (χ1) is 13.1. The van der Waals surface area contributed by atoms with Crippen molar-refractivity contribution in [3.63, 3.8) is 0 Å². The summed E-state index contributed by atoms with van der Waals surface area (Å²) in [5, 5.41) is 0.